The third kappa shape index (κ3) is 3.36. The highest BCUT2D eigenvalue weighted by atomic mass is 35.5. The van der Waals surface area contributed by atoms with Crippen molar-refractivity contribution in [2.45, 2.75) is 83.8 Å². The van der Waals surface area contributed by atoms with E-state index in [4.69, 9.17) is 4.84 Å². The Balaban J connectivity index is 0.00000205. The molecule has 0 amide bonds. The van der Waals surface area contributed by atoms with Gasteiger partial charge < -0.3 is 15.3 Å². The van der Waals surface area contributed by atoms with Gasteiger partial charge in [0.25, 0.3) is 0 Å². The molecule has 29 heavy (non-hydrogen) atoms. The third-order valence-corrected chi connectivity index (χ3v) is 9.57. The zero-order valence-corrected chi connectivity index (χ0v) is 18.7. The van der Waals surface area contributed by atoms with Crippen LogP contribution in [0.15, 0.2) is 5.16 Å². The van der Waals surface area contributed by atoms with Crippen molar-refractivity contribution in [1.82, 2.24) is 5.32 Å². The van der Waals surface area contributed by atoms with Crippen LogP contribution in [0.3, 0.4) is 0 Å². The highest BCUT2D eigenvalue weighted by molar-refractivity contribution is 5.87. The molecule has 5 fully saturated rings. The van der Waals surface area contributed by atoms with E-state index in [-0.39, 0.29) is 41.4 Å². The first-order valence-corrected chi connectivity index (χ1v) is 11.6. The number of aliphatic hydroxyl groups excluding tert-OH is 1. The van der Waals surface area contributed by atoms with Gasteiger partial charge in [-0.3, -0.25) is 4.79 Å². The molecule has 0 spiro atoms. The number of nitrogens with one attached hydrogen (secondary N) is 1. The molecule has 4 aliphatic carbocycles. The van der Waals surface area contributed by atoms with Gasteiger partial charge >= 0.3 is 0 Å². The zero-order chi connectivity index (χ0) is 19.5. The van der Waals surface area contributed by atoms with Crippen molar-refractivity contribution in [3.8, 4) is 0 Å². The fourth-order valence-corrected chi connectivity index (χ4v) is 7.82. The second-order valence-corrected chi connectivity index (χ2v) is 10.8. The van der Waals surface area contributed by atoms with Crippen molar-refractivity contribution in [2.75, 3.05) is 13.1 Å². The summed E-state index contributed by atoms with van der Waals surface area (Å²) in [6.07, 6.45) is 8.80. The molecule has 1 heterocycles. The third-order valence-electron chi connectivity index (χ3n) is 9.57. The van der Waals surface area contributed by atoms with Crippen LogP contribution in [0.2, 0.25) is 0 Å². The number of ketones is 1. The normalized spacial score (nSPS) is 50.4. The highest BCUT2D eigenvalue weighted by Gasteiger charge is 2.61. The van der Waals surface area contributed by atoms with Crippen LogP contribution in [0.1, 0.15) is 71.6 Å². The number of hydrogen-bond acceptors (Lipinski definition) is 5. The predicted molar refractivity (Wildman–Crippen MR) is 115 cm³/mol. The van der Waals surface area contributed by atoms with Gasteiger partial charge in [-0.1, -0.05) is 19.0 Å². The first-order valence-electron chi connectivity index (χ1n) is 11.6. The van der Waals surface area contributed by atoms with Crippen molar-refractivity contribution in [3.05, 3.63) is 0 Å². The second-order valence-electron chi connectivity index (χ2n) is 10.8. The molecule has 5 rings (SSSR count). The molecule has 0 bridgehead atoms. The Morgan fingerprint density at radius 3 is 2.69 bits per heavy atom. The maximum atomic E-state index is 12.6. The first-order chi connectivity index (χ1) is 13.4. The maximum absolute atomic E-state index is 12.6. The number of rotatable bonds is 2. The van der Waals surface area contributed by atoms with Gasteiger partial charge in [0.1, 0.15) is 11.9 Å². The Labute approximate surface area is 180 Å². The summed E-state index contributed by atoms with van der Waals surface area (Å²) in [6.45, 7) is 6.55. The Hall–Kier alpha value is -0.650. The second kappa shape index (κ2) is 7.80. The number of carbonyl (C=O) groups excluding carboxylic acids is 1. The van der Waals surface area contributed by atoms with E-state index in [1.165, 1.54) is 0 Å². The van der Waals surface area contributed by atoms with Crippen molar-refractivity contribution >= 4 is 23.9 Å². The number of aliphatic hydroxyl groups is 1. The fourth-order valence-electron chi connectivity index (χ4n) is 7.82. The minimum absolute atomic E-state index is 0. The van der Waals surface area contributed by atoms with Crippen molar-refractivity contribution in [3.63, 3.8) is 0 Å². The predicted octanol–water partition coefficient (Wildman–Crippen LogP) is 3.73. The Morgan fingerprint density at radius 2 is 1.93 bits per heavy atom. The van der Waals surface area contributed by atoms with Gasteiger partial charge in [0.2, 0.25) is 0 Å². The monoisotopic (exact) mass is 424 g/mol. The molecule has 0 aromatic carbocycles. The molecule has 1 saturated heterocycles. The average Bonchev–Trinajstić information content (AvgIpc) is 3.29. The molecular weight excluding hydrogens is 388 g/mol. The number of hydrogen-bond donors (Lipinski definition) is 2. The van der Waals surface area contributed by atoms with Crippen molar-refractivity contribution in [1.29, 1.82) is 0 Å². The average molecular weight is 425 g/mol. The van der Waals surface area contributed by atoms with Crippen LogP contribution in [0.25, 0.3) is 0 Å². The van der Waals surface area contributed by atoms with Crippen LogP contribution in [0, 0.1) is 34.5 Å². The molecule has 4 saturated carbocycles. The largest absolute Gasteiger partial charge is 0.393 e. The molecule has 0 aromatic heterocycles. The number of Topliss-reactive ketones (excluding diaryl/α,β-unsaturated/α-hetero) is 1. The van der Waals surface area contributed by atoms with E-state index in [0.29, 0.717) is 23.5 Å². The Morgan fingerprint density at radius 1 is 1.10 bits per heavy atom. The quantitative estimate of drug-likeness (QED) is 0.662. The fraction of sp³-hybridized carbons (Fsp3) is 0.913. The standard InChI is InChI=1S/C23H36N2O3.ClH/c1-22-8-5-14(25-28-15-7-10-24-13-15)11-19(22)20(26)12-16-17-3-4-21(27)23(17,2)9-6-18(16)22;/h15-20,24,26H,3-13H2,1-2H3;1H/t15-,16+,17+,18-,19?,20?,22-,23+;/m1./s1. The van der Waals surface area contributed by atoms with Gasteiger partial charge in [-0.2, -0.15) is 0 Å². The van der Waals surface area contributed by atoms with Gasteiger partial charge in [0.05, 0.1) is 11.8 Å². The van der Waals surface area contributed by atoms with E-state index in [2.05, 4.69) is 24.3 Å². The summed E-state index contributed by atoms with van der Waals surface area (Å²) < 4.78 is 0. The lowest BCUT2D eigenvalue weighted by Gasteiger charge is -2.60. The molecule has 0 aromatic rings. The summed E-state index contributed by atoms with van der Waals surface area (Å²) in [6, 6.07) is 0. The molecular formula is C23H37ClN2O3. The molecule has 6 heteroatoms. The van der Waals surface area contributed by atoms with Crippen LogP contribution < -0.4 is 5.32 Å². The molecule has 2 N–H and O–H groups in total. The van der Waals surface area contributed by atoms with Gasteiger partial charge in [-0.25, -0.2) is 0 Å². The molecule has 5 nitrogen and oxygen atoms in total. The summed E-state index contributed by atoms with van der Waals surface area (Å²) in [4.78, 5) is 18.4. The number of oxime groups is 1. The zero-order valence-electron chi connectivity index (χ0n) is 17.9. The van der Waals surface area contributed by atoms with Gasteiger partial charge in [-0.05, 0) is 80.6 Å². The summed E-state index contributed by atoms with van der Waals surface area (Å²) >= 11 is 0. The molecule has 1 aliphatic heterocycles. The van der Waals surface area contributed by atoms with Crippen molar-refractivity contribution in [2.24, 2.45) is 39.7 Å². The number of fused-ring (bicyclic) bond motifs is 5. The molecule has 8 atom stereocenters. The minimum Gasteiger partial charge on any atom is -0.393 e. The van der Waals surface area contributed by atoms with E-state index in [1.807, 2.05) is 0 Å². The summed E-state index contributed by atoms with van der Waals surface area (Å²) in [5.41, 5.74) is 1.20. The minimum atomic E-state index is -0.275. The molecule has 164 valence electrons. The summed E-state index contributed by atoms with van der Waals surface area (Å²) in [5, 5.41) is 19.0. The van der Waals surface area contributed by atoms with Gasteiger partial charge in [-0.15, -0.1) is 12.4 Å². The smallest absolute Gasteiger partial charge is 0.141 e. The van der Waals surface area contributed by atoms with Crippen LogP contribution in [-0.4, -0.2) is 41.9 Å². The topological polar surface area (TPSA) is 70.9 Å². The van der Waals surface area contributed by atoms with Crippen LogP contribution in [0.5, 0.6) is 0 Å². The van der Waals surface area contributed by atoms with Gasteiger partial charge in [0.15, 0.2) is 0 Å². The summed E-state index contributed by atoms with van der Waals surface area (Å²) in [7, 11) is 0. The molecule has 2 unspecified atom stereocenters. The number of nitrogens with zero attached hydrogens (tertiary/aromatic N) is 1. The Kier molecular flexibility index (Phi) is 5.80. The lowest BCUT2D eigenvalue weighted by molar-refractivity contribution is -0.153. The first kappa shape index (κ1) is 21.6. The highest BCUT2D eigenvalue weighted by Crippen LogP contribution is 2.65. The van der Waals surface area contributed by atoms with E-state index < -0.39 is 0 Å². The Bertz CT molecular complexity index is 679. The molecule has 5 aliphatic rings. The van der Waals surface area contributed by atoms with E-state index in [9.17, 15) is 9.90 Å². The lowest BCUT2D eigenvalue weighted by atomic mass is 9.44. The van der Waals surface area contributed by atoms with Crippen molar-refractivity contribution < 1.29 is 14.7 Å². The number of carbonyl (C=O) groups is 1. The maximum Gasteiger partial charge on any atom is 0.141 e. The van der Waals surface area contributed by atoms with E-state index >= 15 is 0 Å². The lowest BCUT2D eigenvalue weighted by Crippen LogP contribution is -2.57. The SMILES string of the molecule is C[C@]12CCC(=NO[C@@H]3CCNC3)CC1C(O)C[C@@H]1[C@H]2CC[C@]2(C)C(=O)CC[C@@H]12.Cl. The van der Waals surface area contributed by atoms with Crippen LogP contribution in [0.4, 0.5) is 0 Å². The summed E-state index contributed by atoms with van der Waals surface area (Å²) in [5.74, 6) is 2.41. The van der Waals surface area contributed by atoms with Gasteiger partial charge in [0, 0.05) is 24.8 Å². The van der Waals surface area contributed by atoms with Crippen LogP contribution >= 0.6 is 12.4 Å². The van der Waals surface area contributed by atoms with E-state index in [0.717, 1.165) is 76.6 Å². The van der Waals surface area contributed by atoms with Crippen LogP contribution in [-0.2, 0) is 9.63 Å². The van der Waals surface area contributed by atoms with E-state index in [1.54, 1.807) is 0 Å². The molecule has 0 radical (unpaired) electrons. The number of halogens is 1.